The molecule has 0 atom stereocenters. The van der Waals surface area contributed by atoms with Crippen molar-refractivity contribution in [2.45, 2.75) is 6.42 Å². The molecule has 0 bridgehead atoms. The van der Waals surface area contributed by atoms with E-state index in [1.54, 1.807) is 41.2 Å². The van der Waals surface area contributed by atoms with Gasteiger partial charge in [-0.25, -0.2) is 4.68 Å². The molecule has 10 nitrogen and oxygen atoms in total. The summed E-state index contributed by atoms with van der Waals surface area (Å²) in [5, 5.41) is 15.6. The average molecular weight is 485 g/mol. The Bertz CT molecular complexity index is 1400. The summed E-state index contributed by atoms with van der Waals surface area (Å²) in [6.07, 6.45) is 1.66. The van der Waals surface area contributed by atoms with Gasteiger partial charge in [0.25, 0.3) is 11.6 Å². The number of anilines is 1. The molecule has 1 aromatic heterocycles. The van der Waals surface area contributed by atoms with Crippen molar-refractivity contribution in [3.8, 4) is 16.9 Å². The van der Waals surface area contributed by atoms with E-state index in [0.29, 0.717) is 22.4 Å². The van der Waals surface area contributed by atoms with Crippen molar-refractivity contribution in [3.05, 3.63) is 106 Å². The molecule has 4 rings (SSSR count). The lowest BCUT2D eigenvalue weighted by molar-refractivity contribution is -0.384. The van der Waals surface area contributed by atoms with E-state index in [9.17, 15) is 19.7 Å². The van der Waals surface area contributed by atoms with Gasteiger partial charge in [0.05, 0.1) is 22.7 Å². The fourth-order valence-corrected chi connectivity index (χ4v) is 3.58. The van der Waals surface area contributed by atoms with Gasteiger partial charge in [-0.15, -0.1) is 0 Å². The molecule has 0 aliphatic carbocycles. The van der Waals surface area contributed by atoms with Gasteiger partial charge in [0.2, 0.25) is 5.91 Å². The third kappa shape index (κ3) is 5.55. The molecule has 182 valence electrons. The standard InChI is InChI=1S/C26H24N6O4/c1-30(2)23-10-6-7-19(15-23)26(34)28-27-24(33)16-20-17-31(21-8-4-3-5-9-21)29-25(20)18-11-13-22(14-12-18)32(35)36/h3-15,17H,16H2,1-2H3,(H,27,33)(H,28,34). The lowest BCUT2D eigenvalue weighted by atomic mass is 10.1. The number of para-hydroxylation sites is 1. The smallest absolute Gasteiger partial charge is 0.269 e. The van der Waals surface area contributed by atoms with E-state index < -0.39 is 16.7 Å². The highest BCUT2D eigenvalue weighted by molar-refractivity contribution is 5.96. The molecule has 0 aliphatic heterocycles. The SMILES string of the molecule is CN(C)c1cccc(C(=O)NNC(=O)Cc2cn(-c3ccccc3)nc2-c2ccc([N+](=O)[O-])cc2)c1. The number of nitrogens with one attached hydrogen (secondary N) is 2. The number of non-ortho nitro benzene ring substituents is 1. The second-order valence-corrected chi connectivity index (χ2v) is 8.21. The van der Waals surface area contributed by atoms with Crippen LogP contribution in [0.5, 0.6) is 0 Å². The van der Waals surface area contributed by atoms with E-state index in [0.717, 1.165) is 11.4 Å². The Morgan fingerprint density at radius 3 is 2.36 bits per heavy atom. The monoisotopic (exact) mass is 484 g/mol. The minimum Gasteiger partial charge on any atom is -0.378 e. The minimum atomic E-state index is -0.475. The maximum atomic E-state index is 12.7. The summed E-state index contributed by atoms with van der Waals surface area (Å²) in [7, 11) is 3.74. The highest BCUT2D eigenvalue weighted by Crippen LogP contribution is 2.26. The molecule has 0 unspecified atom stereocenters. The van der Waals surface area contributed by atoms with Crippen LogP contribution in [0, 0.1) is 10.1 Å². The average Bonchev–Trinajstić information content (AvgIpc) is 3.31. The number of nitro benzene ring substituents is 1. The van der Waals surface area contributed by atoms with Gasteiger partial charge in [-0.1, -0.05) is 24.3 Å². The van der Waals surface area contributed by atoms with Crippen molar-refractivity contribution >= 4 is 23.2 Å². The first kappa shape index (κ1) is 24.1. The Kier molecular flexibility index (Phi) is 7.05. The molecule has 2 amide bonds. The van der Waals surface area contributed by atoms with Gasteiger partial charge in [-0.2, -0.15) is 5.10 Å². The second kappa shape index (κ2) is 10.5. The Morgan fingerprint density at radius 1 is 0.972 bits per heavy atom. The van der Waals surface area contributed by atoms with Crippen LogP contribution < -0.4 is 15.8 Å². The van der Waals surface area contributed by atoms with Crippen LogP contribution in [-0.2, 0) is 11.2 Å². The first-order valence-electron chi connectivity index (χ1n) is 11.1. The predicted molar refractivity (Wildman–Crippen MR) is 136 cm³/mol. The van der Waals surface area contributed by atoms with Gasteiger partial charge in [0.15, 0.2) is 0 Å². The number of nitro groups is 1. The van der Waals surface area contributed by atoms with E-state index in [1.165, 1.54) is 12.1 Å². The molecule has 36 heavy (non-hydrogen) atoms. The maximum absolute atomic E-state index is 12.7. The van der Waals surface area contributed by atoms with E-state index in [-0.39, 0.29) is 12.1 Å². The van der Waals surface area contributed by atoms with Gasteiger partial charge in [0.1, 0.15) is 0 Å². The number of carbonyl (C=O) groups excluding carboxylic acids is 2. The Morgan fingerprint density at radius 2 is 1.69 bits per heavy atom. The minimum absolute atomic E-state index is 0.0402. The molecule has 10 heteroatoms. The van der Waals surface area contributed by atoms with Crippen molar-refractivity contribution in [1.82, 2.24) is 20.6 Å². The van der Waals surface area contributed by atoms with Crippen molar-refractivity contribution in [1.29, 1.82) is 0 Å². The Hall–Kier alpha value is -4.99. The summed E-state index contributed by atoms with van der Waals surface area (Å²) < 4.78 is 1.64. The number of benzene rings is 3. The molecular formula is C26H24N6O4. The zero-order valence-electron chi connectivity index (χ0n) is 19.7. The quantitative estimate of drug-likeness (QED) is 0.306. The molecule has 4 aromatic rings. The number of hydrogen-bond acceptors (Lipinski definition) is 6. The van der Waals surface area contributed by atoms with E-state index in [2.05, 4.69) is 16.0 Å². The van der Waals surface area contributed by atoms with E-state index >= 15 is 0 Å². The summed E-state index contributed by atoms with van der Waals surface area (Å²) >= 11 is 0. The first-order valence-corrected chi connectivity index (χ1v) is 11.1. The Labute approximate surface area is 207 Å². The van der Waals surface area contributed by atoms with Crippen LogP contribution >= 0.6 is 0 Å². The van der Waals surface area contributed by atoms with Gasteiger partial charge in [-0.3, -0.25) is 30.6 Å². The maximum Gasteiger partial charge on any atom is 0.269 e. The summed E-state index contributed by atoms with van der Waals surface area (Å²) in [6.45, 7) is 0. The predicted octanol–water partition coefficient (Wildman–Crippen LogP) is 3.52. The number of amides is 2. The van der Waals surface area contributed by atoms with E-state index in [1.807, 2.05) is 55.4 Å². The van der Waals surface area contributed by atoms with E-state index in [4.69, 9.17) is 0 Å². The van der Waals surface area contributed by atoms with Gasteiger partial charge in [0, 0.05) is 54.8 Å². The van der Waals surface area contributed by atoms with Crippen LogP contribution in [0.2, 0.25) is 0 Å². The number of rotatable bonds is 7. The Balaban J connectivity index is 1.53. The summed E-state index contributed by atoms with van der Waals surface area (Å²) in [4.78, 5) is 37.7. The second-order valence-electron chi connectivity index (χ2n) is 8.21. The molecule has 0 radical (unpaired) electrons. The van der Waals surface area contributed by atoms with Crippen molar-refractivity contribution in [2.24, 2.45) is 0 Å². The normalized spacial score (nSPS) is 10.5. The molecule has 0 fully saturated rings. The highest BCUT2D eigenvalue weighted by atomic mass is 16.6. The molecule has 1 heterocycles. The first-order chi connectivity index (χ1) is 17.3. The van der Waals surface area contributed by atoms with Gasteiger partial charge < -0.3 is 4.90 Å². The summed E-state index contributed by atoms with van der Waals surface area (Å²) in [5.41, 5.74) is 8.64. The molecule has 2 N–H and O–H groups in total. The zero-order chi connectivity index (χ0) is 25.7. The zero-order valence-corrected chi connectivity index (χ0v) is 19.7. The van der Waals surface area contributed by atoms with Crippen LogP contribution in [0.25, 0.3) is 16.9 Å². The summed E-state index contributed by atoms with van der Waals surface area (Å²) in [6, 6.07) is 22.4. The van der Waals surface area contributed by atoms with Crippen molar-refractivity contribution in [2.75, 3.05) is 19.0 Å². The fraction of sp³-hybridized carbons (Fsp3) is 0.115. The largest absolute Gasteiger partial charge is 0.378 e. The third-order valence-corrected chi connectivity index (χ3v) is 5.45. The lowest BCUT2D eigenvalue weighted by Gasteiger charge is -2.13. The third-order valence-electron chi connectivity index (χ3n) is 5.45. The highest BCUT2D eigenvalue weighted by Gasteiger charge is 2.17. The number of hydrazine groups is 1. The van der Waals surface area contributed by atoms with Gasteiger partial charge >= 0.3 is 0 Å². The molecule has 0 aliphatic rings. The molecule has 3 aromatic carbocycles. The number of carbonyl (C=O) groups is 2. The summed E-state index contributed by atoms with van der Waals surface area (Å²) in [5.74, 6) is -0.884. The number of aromatic nitrogens is 2. The van der Waals surface area contributed by atoms with Crippen LogP contribution in [-0.4, -0.2) is 40.6 Å². The molecule has 0 spiro atoms. The van der Waals surface area contributed by atoms with Crippen LogP contribution in [0.15, 0.2) is 85.1 Å². The molecule has 0 saturated heterocycles. The molecule has 0 saturated carbocycles. The van der Waals surface area contributed by atoms with Crippen LogP contribution in [0.3, 0.4) is 0 Å². The van der Waals surface area contributed by atoms with Crippen LogP contribution in [0.1, 0.15) is 15.9 Å². The fourth-order valence-electron chi connectivity index (χ4n) is 3.58. The topological polar surface area (TPSA) is 122 Å². The lowest BCUT2D eigenvalue weighted by Crippen LogP contribution is -2.42. The van der Waals surface area contributed by atoms with Crippen molar-refractivity contribution in [3.63, 3.8) is 0 Å². The molecular weight excluding hydrogens is 460 g/mol. The number of nitrogens with zero attached hydrogens (tertiary/aromatic N) is 4. The van der Waals surface area contributed by atoms with Gasteiger partial charge in [-0.05, 0) is 42.5 Å². The van der Waals surface area contributed by atoms with Crippen molar-refractivity contribution < 1.29 is 14.5 Å². The van der Waals surface area contributed by atoms with Crippen LogP contribution in [0.4, 0.5) is 11.4 Å². The number of hydrogen-bond donors (Lipinski definition) is 2.